The van der Waals surface area contributed by atoms with Crippen LogP contribution in [0.5, 0.6) is 11.5 Å². The Balaban J connectivity index is 1.76. The van der Waals surface area contributed by atoms with E-state index in [1.54, 1.807) is 42.5 Å². The summed E-state index contributed by atoms with van der Waals surface area (Å²) in [6.07, 6.45) is 6.77. The maximum Gasteiger partial charge on any atom is 0.339 e. The van der Waals surface area contributed by atoms with E-state index in [0.717, 1.165) is 11.6 Å². The highest BCUT2D eigenvalue weighted by Crippen LogP contribution is 2.10. The summed E-state index contributed by atoms with van der Waals surface area (Å²) in [4.78, 5) is 22.7. The van der Waals surface area contributed by atoms with Gasteiger partial charge in [-0.25, -0.2) is 4.79 Å². The third-order valence-corrected chi connectivity index (χ3v) is 3.02. The minimum absolute atomic E-state index is 0.160. The number of carbonyl (C=O) groups is 1. The lowest BCUT2D eigenvalue weighted by atomic mass is 10.2. The Hall–Kier alpha value is -3.28. The Morgan fingerprint density at radius 1 is 1.08 bits per heavy atom. The molecule has 0 radical (unpaired) electrons. The molecule has 0 unspecified atom stereocenters. The Morgan fingerprint density at radius 2 is 1.83 bits per heavy atom. The summed E-state index contributed by atoms with van der Waals surface area (Å²) in [6.45, 7) is 0.275. The minimum atomic E-state index is -0.629. The molecule has 0 spiro atoms. The van der Waals surface area contributed by atoms with Gasteiger partial charge >= 0.3 is 5.63 Å². The molecule has 2 aromatic rings. The van der Waals surface area contributed by atoms with Gasteiger partial charge in [0.25, 0.3) is 0 Å². The number of aromatic hydroxyl groups is 2. The predicted molar refractivity (Wildman–Crippen MR) is 89.6 cm³/mol. The standard InChI is InChI=1S/C18H17NO5/c20-14-7-5-13(6-8-14)3-1-2-4-17(22)19-10-9-16-11-15(21)12-18(23)24-16/h1-8,11-12,20-21H,9-10H2,(H,19,22). The molecule has 6 nitrogen and oxygen atoms in total. The number of amides is 1. The van der Waals surface area contributed by atoms with E-state index >= 15 is 0 Å². The molecule has 124 valence electrons. The molecule has 3 N–H and O–H groups in total. The Labute approximate surface area is 138 Å². The van der Waals surface area contributed by atoms with E-state index in [1.807, 2.05) is 0 Å². The highest BCUT2D eigenvalue weighted by atomic mass is 16.4. The zero-order valence-electron chi connectivity index (χ0n) is 12.8. The first kappa shape index (κ1) is 17.1. The van der Waals surface area contributed by atoms with Crippen molar-refractivity contribution in [3.05, 3.63) is 76.4 Å². The van der Waals surface area contributed by atoms with E-state index in [4.69, 9.17) is 9.52 Å². The first-order chi connectivity index (χ1) is 11.5. The smallest absolute Gasteiger partial charge is 0.339 e. The maximum atomic E-state index is 11.6. The van der Waals surface area contributed by atoms with Crippen molar-refractivity contribution in [3.8, 4) is 11.5 Å². The number of rotatable bonds is 6. The highest BCUT2D eigenvalue weighted by Gasteiger charge is 2.01. The largest absolute Gasteiger partial charge is 0.508 e. The number of nitrogens with one attached hydrogen (secondary N) is 1. The summed E-state index contributed by atoms with van der Waals surface area (Å²) in [7, 11) is 0. The summed E-state index contributed by atoms with van der Waals surface area (Å²) in [5.74, 6) is 0.0563. The van der Waals surface area contributed by atoms with Crippen LogP contribution in [-0.4, -0.2) is 22.7 Å². The zero-order valence-corrected chi connectivity index (χ0v) is 12.8. The van der Waals surface area contributed by atoms with Crippen LogP contribution in [0.25, 0.3) is 6.08 Å². The average Bonchev–Trinajstić information content (AvgIpc) is 2.52. The van der Waals surface area contributed by atoms with Crippen LogP contribution in [-0.2, 0) is 11.2 Å². The van der Waals surface area contributed by atoms with Crippen LogP contribution in [0.2, 0.25) is 0 Å². The van der Waals surface area contributed by atoms with E-state index in [2.05, 4.69) is 5.32 Å². The molecule has 24 heavy (non-hydrogen) atoms. The van der Waals surface area contributed by atoms with Crippen molar-refractivity contribution >= 4 is 12.0 Å². The molecule has 1 aromatic carbocycles. The lowest BCUT2D eigenvalue weighted by molar-refractivity contribution is -0.116. The number of phenolic OH excluding ortho intramolecular Hbond substituents is 1. The van der Waals surface area contributed by atoms with Gasteiger partial charge in [-0.3, -0.25) is 4.79 Å². The molecule has 6 heteroatoms. The molecule has 0 saturated heterocycles. The Kier molecular flexibility index (Phi) is 5.96. The topological polar surface area (TPSA) is 99.8 Å². The van der Waals surface area contributed by atoms with E-state index < -0.39 is 5.63 Å². The Bertz CT molecular complexity index is 803. The molecule has 2 rings (SSSR count). The number of hydrogen-bond acceptors (Lipinski definition) is 5. The fourth-order valence-electron chi connectivity index (χ4n) is 1.90. The van der Waals surface area contributed by atoms with Gasteiger partial charge in [0.05, 0.1) is 6.07 Å². The SMILES string of the molecule is O=C(C=CC=Cc1ccc(O)cc1)NCCc1cc(O)cc(=O)o1. The van der Waals surface area contributed by atoms with Gasteiger partial charge in [-0.15, -0.1) is 0 Å². The van der Waals surface area contributed by atoms with Crippen LogP contribution < -0.4 is 10.9 Å². The average molecular weight is 327 g/mol. The Morgan fingerprint density at radius 3 is 2.54 bits per heavy atom. The van der Waals surface area contributed by atoms with Crippen LogP contribution >= 0.6 is 0 Å². The van der Waals surface area contributed by atoms with E-state index in [9.17, 15) is 14.7 Å². The van der Waals surface area contributed by atoms with Crippen LogP contribution in [0.3, 0.4) is 0 Å². The predicted octanol–water partition coefficient (Wildman–Crippen LogP) is 1.98. The van der Waals surface area contributed by atoms with Gasteiger partial charge in [-0.05, 0) is 17.7 Å². The molecule has 1 aromatic heterocycles. The third-order valence-electron chi connectivity index (χ3n) is 3.02. The first-order valence-electron chi connectivity index (χ1n) is 7.27. The molecule has 1 heterocycles. The third kappa shape index (κ3) is 5.84. The molecule has 0 fully saturated rings. The van der Waals surface area contributed by atoms with Crippen molar-refractivity contribution < 1.29 is 19.4 Å². The molecular formula is C18H17NO5. The quantitative estimate of drug-likeness (QED) is 0.556. The van der Waals surface area contributed by atoms with E-state index in [-0.39, 0.29) is 24.0 Å². The van der Waals surface area contributed by atoms with Crippen LogP contribution in [0.15, 0.2) is 63.8 Å². The molecule has 0 atom stereocenters. The molecule has 0 saturated carbocycles. The molecule has 0 aliphatic carbocycles. The number of carbonyl (C=O) groups excluding carboxylic acids is 1. The van der Waals surface area contributed by atoms with Gasteiger partial charge in [0, 0.05) is 25.1 Å². The van der Waals surface area contributed by atoms with Crippen molar-refractivity contribution in [2.45, 2.75) is 6.42 Å². The summed E-state index contributed by atoms with van der Waals surface area (Å²) in [5.41, 5.74) is 0.271. The number of hydrogen-bond donors (Lipinski definition) is 3. The fourth-order valence-corrected chi connectivity index (χ4v) is 1.90. The van der Waals surface area contributed by atoms with Crippen molar-refractivity contribution in [1.29, 1.82) is 0 Å². The summed E-state index contributed by atoms with van der Waals surface area (Å²) in [6, 6.07) is 8.98. The highest BCUT2D eigenvalue weighted by molar-refractivity contribution is 5.87. The monoisotopic (exact) mass is 327 g/mol. The number of allylic oxidation sites excluding steroid dienone is 2. The van der Waals surface area contributed by atoms with Gasteiger partial charge in [0.15, 0.2) is 0 Å². The summed E-state index contributed by atoms with van der Waals surface area (Å²) >= 11 is 0. The van der Waals surface area contributed by atoms with E-state index in [0.29, 0.717) is 12.2 Å². The van der Waals surface area contributed by atoms with Gasteiger partial charge < -0.3 is 19.9 Å². The van der Waals surface area contributed by atoms with Crippen molar-refractivity contribution in [3.63, 3.8) is 0 Å². The molecule has 0 aliphatic heterocycles. The normalized spacial score (nSPS) is 11.2. The second-order valence-corrected chi connectivity index (χ2v) is 4.95. The van der Waals surface area contributed by atoms with Gasteiger partial charge in [0.2, 0.25) is 5.91 Å². The second-order valence-electron chi connectivity index (χ2n) is 4.95. The summed E-state index contributed by atoms with van der Waals surface area (Å²) < 4.78 is 4.88. The number of phenols is 1. The minimum Gasteiger partial charge on any atom is -0.508 e. The molecule has 0 aliphatic rings. The van der Waals surface area contributed by atoms with Gasteiger partial charge in [-0.1, -0.05) is 30.4 Å². The lowest BCUT2D eigenvalue weighted by Gasteiger charge is -2.01. The van der Waals surface area contributed by atoms with Crippen molar-refractivity contribution in [1.82, 2.24) is 5.32 Å². The van der Waals surface area contributed by atoms with Crippen LogP contribution in [0.1, 0.15) is 11.3 Å². The first-order valence-corrected chi connectivity index (χ1v) is 7.27. The molecular weight excluding hydrogens is 310 g/mol. The van der Waals surface area contributed by atoms with Crippen LogP contribution in [0.4, 0.5) is 0 Å². The van der Waals surface area contributed by atoms with Crippen molar-refractivity contribution in [2.75, 3.05) is 6.54 Å². The van der Waals surface area contributed by atoms with Gasteiger partial charge in [-0.2, -0.15) is 0 Å². The van der Waals surface area contributed by atoms with Gasteiger partial charge in [0.1, 0.15) is 17.3 Å². The molecule has 0 bridgehead atoms. The van der Waals surface area contributed by atoms with E-state index in [1.165, 1.54) is 12.1 Å². The zero-order chi connectivity index (χ0) is 17.4. The molecule has 1 amide bonds. The van der Waals surface area contributed by atoms with Crippen molar-refractivity contribution in [2.24, 2.45) is 0 Å². The summed E-state index contributed by atoms with van der Waals surface area (Å²) in [5, 5.41) is 21.1. The number of benzene rings is 1. The maximum absolute atomic E-state index is 11.6. The fraction of sp³-hybridized carbons (Fsp3) is 0.111. The van der Waals surface area contributed by atoms with Crippen LogP contribution in [0, 0.1) is 0 Å². The lowest BCUT2D eigenvalue weighted by Crippen LogP contribution is -2.23. The second kappa shape index (κ2) is 8.38.